The average molecular weight is 531 g/mol. The number of nitrogens with zero attached hydrogens (tertiary/aromatic N) is 2. The molecule has 2 N–H and O–H groups in total. The number of aromatic carboxylic acids is 1. The van der Waals surface area contributed by atoms with Crippen molar-refractivity contribution in [3.05, 3.63) is 83.5 Å². The van der Waals surface area contributed by atoms with Gasteiger partial charge in [0.2, 0.25) is 0 Å². The Morgan fingerprint density at radius 1 is 0.882 bits per heavy atom. The second-order valence-electron chi connectivity index (χ2n) is 6.31. The van der Waals surface area contributed by atoms with E-state index in [9.17, 15) is 30.3 Å². The summed E-state index contributed by atoms with van der Waals surface area (Å²) in [5.41, 5.74) is -0.0904. The maximum atomic E-state index is 12.6. The molecule has 1 heterocycles. The van der Waals surface area contributed by atoms with Gasteiger partial charge in [0.1, 0.15) is 12.4 Å². The van der Waals surface area contributed by atoms with Gasteiger partial charge in [-0.15, -0.1) is 3.89 Å². The van der Waals surface area contributed by atoms with Crippen LogP contribution in [0.3, 0.4) is 0 Å². The highest BCUT2D eigenvalue weighted by Gasteiger charge is 2.27. The normalized spacial score (nSPS) is 11.1. The minimum Gasteiger partial charge on any atom is -0.480 e. The predicted molar refractivity (Wildman–Crippen MR) is 120 cm³/mol. The molecule has 0 aliphatic carbocycles. The lowest BCUT2D eigenvalue weighted by molar-refractivity contribution is -0.135. The Morgan fingerprint density at radius 3 is 1.88 bits per heavy atom. The molecule has 0 saturated heterocycles. The quantitative estimate of drug-likeness (QED) is 0.437. The molecule has 3 aromatic rings. The molecular formula is C20H16ClFN2O8S2. The number of hydrogen-bond acceptors (Lipinski definition) is 7. The topological polar surface area (TPSA) is 159 Å². The van der Waals surface area contributed by atoms with Gasteiger partial charge in [-0.05, 0) is 60.7 Å². The molecule has 0 aliphatic heterocycles. The summed E-state index contributed by atoms with van der Waals surface area (Å²) >= 11 is 5.73. The fourth-order valence-corrected chi connectivity index (χ4v) is 4.36. The molecule has 0 fully saturated rings. The smallest absolute Gasteiger partial charge is 0.335 e. The van der Waals surface area contributed by atoms with Crippen LogP contribution in [0, 0.1) is 0 Å². The molecule has 0 radical (unpaired) electrons. The summed E-state index contributed by atoms with van der Waals surface area (Å²) in [6, 6.07) is 13.9. The number of carbonyl (C=O) groups is 2. The van der Waals surface area contributed by atoms with Crippen LogP contribution in [0.1, 0.15) is 10.4 Å². The monoisotopic (exact) mass is 530 g/mol. The van der Waals surface area contributed by atoms with Crippen molar-refractivity contribution in [1.82, 2.24) is 4.98 Å². The Labute approximate surface area is 199 Å². The molecular weight excluding hydrogens is 515 g/mol. The van der Waals surface area contributed by atoms with Gasteiger partial charge in [-0.3, -0.25) is 4.79 Å². The molecule has 34 heavy (non-hydrogen) atoms. The number of carboxylic acids is 2. The molecule has 10 nitrogen and oxygen atoms in total. The van der Waals surface area contributed by atoms with Crippen molar-refractivity contribution < 1.29 is 40.5 Å². The lowest BCUT2D eigenvalue weighted by Crippen LogP contribution is -2.36. The van der Waals surface area contributed by atoms with Crippen LogP contribution in [0.25, 0.3) is 0 Å². The second-order valence-corrected chi connectivity index (χ2v) is 9.96. The maximum Gasteiger partial charge on any atom is 0.335 e. The van der Waals surface area contributed by atoms with Crippen molar-refractivity contribution in [2.45, 2.75) is 9.79 Å². The van der Waals surface area contributed by atoms with Crippen LogP contribution in [-0.2, 0) is 25.0 Å². The van der Waals surface area contributed by atoms with Crippen molar-refractivity contribution in [2.24, 2.45) is 0 Å². The van der Waals surface area contributed by atoms with Crippen LogP contribution in [0.5, 0.6) is 0 Å². The van der Waals surface area contributed by atoms with Crippen LogP contribution < -0.4 is 4.31 Å². The van der Waals surface area contributed by atoms with Crippen LogP contribution in [0.15, 0.2) is 82.7 Å². The van der Waals surface area contributed by atoms with E-state index in [-0.39, 0.29) is 16.3 Å². The minimum absolute atomic E-state index is 0.0369. The van der Waals surface area contributed by atoms with E-state index in [1.165, 1.54) is 36.5 Å². The van der Waals surface area contributed by atoms with Crippen molar-refractivity contribution in [1.29, 1.82) is 0 Å². The zero-order valence-electron chi connectivity index (χ0n) is 16.9. The first kappa shape index (κ1) is 26.7. The Balaban J connectivity index is 0.000000270. The second kappa shape index (κ2) is 11.0. The van der Waals surface area contributed by atoms with E-state index >= 15 is 0 Å². The summed E-state index contributed by atoms with van der Waals surface area (Å²) in [6.07, 6.45) is 1.39. The highest BCUT2D eigenvalue weighted by atomic mass is 35.5. The SMILES string of the molecule is O=C(O)CN(c1ccccn1)S(=O)(=O)c1ccc(Cl)cc1.O=C(O)c1ccc(S(=O)(=O)F)cc1. The molecule has 0 spiro atoms. The van der Waals surface area contributed by atoms with Gasteiger partial charge in [0, 0.05) is 11.2 Å². The van der Waals surface area contributed by atoms with E-state index < -0.39 is 43.6 Å². The Bertz CT molecular complexity index is 1370. The van der Waals surface area contributed by atoms with Crippen molar-refractivity contribution in [2.75, 3.05) is 10.8 Å². The summed E-state index contributed by atoms with van der Waals surface area (Å²) in [5, 5.41) is 17.8. The number of carboxylic acid groups (broad SMARTS) is 2. The highest BCUT2D eigenvalue weighted by Crippen LogP contribution is 2.22. The lowest BCUT2D eigenvalue weighted by Gasteiger charge is -2.21. The van der Waals surface area contributed by atoms with Crippen molar-refractivity contribution in [3.63, 3.8) is 0 Å². The van der Waals surface area contributed by atoms with Crippen molar-refractivity contribution in [3.8, 4) is 0 Å². The van der Waals surface area contributed by atoms with E-state index in [2.05, 4.69) is 4.98 Å². The highest BCUT2D eigenvalue weighted by molar-refractivity contribution is 7.92. The summed E-state index contributed by atoms with van der Waals surface area (Å²) in [5.74, 6) is -2.43. The molecule has 0 bridgehead atoms. The molecule has 3 rings (SSSR count). The zero-order chi connectivity index (χ0) is 25.5. The molecule has 0 atom stereocenters. The maximum absolute atomic E-state index is 12.6. The number of anilines is 1. The summed E-state index contributed by atoms with van der Waals surface area (Å²) < 4.78 is 58.7. The predicted octanol–water partition coefficient (Wildman–Crippen LogP) is 3.06. The number of aromatic nitrogens is 1. The average Bonchev–Trinajstić information content (AvgIpc) is 2.78. The van der Waals surface area contributed by atoms with Crippen LogP contribution in [0.2, 0.25) is 5.02 Å². The van der Waals surface area contributed by atoms with Gasteiger partial charge in [-0.25, -0.2) is 22.5 Å². The van der Waals surface area contributed by atoms with E-state index in [1.807, 2.05) is 0 Å². The molecule has 14 heteroatoms. The van der Waals surface area contributed by atoms with Crippen LogP contribution in [0.4, 0.5) is 9.70 Å². The molecule has 0 aliphatic rings. The molecule has 0 saturated carbocycles. The third-order valence-corrected chi connectivity index (χ3v) is 6.82. The van der Waals surface area contributed by atoms with E-state index in [4.69, 9.17) is 21.8 Å². The first-order valence-electron chi connectivity index (χ1n) is 9.01. The summed E-state index contributed by atoms with van der Waals surface area (Å²) in [6.45, 7) is -0.720. The number of hydrogen-bond donors (Lipinski definition) is 2. The van der Waals surface area contributed by atoms with Gasteiger partial charge in [0.05, 0.1) is 15.4 Å². The molecule has 180 valence electrons. The van der Waals surface area contributed by atoms with Crippen LogP contribution >= 0.6 is 11.6 Å². The van der Waals surface area contributed by atoms with Gasteiger partial charge in [-0.1, -0.05) is 17.7 Å². The number of pyridine rings is 1. The third kappa shape index (κ3) is 7.23. The Hall–Kier alpha value is -3.55. The molecule has 2 aromatic carbocycles. The number of rotatable bonds is 7. The lowest BCUT2D eigenvalue weighted by atomic mass is 10.2. The number of sulfonamides is 1. The van der Waals surface area contributed by atoms with Gasteiger partial charge < -0.3 is 10.2 Å². The molecule has 1 aromatic heterocycles. The third-order valence-electron chi connectivity index (χ3n) is 3.97. The number of halogens is 2. The van der Waals surface area contributed by atoms with E-state index in [0.29, 0.717) is 5.02 Å². The van der Waals surface area contributed by atoms with E-state index in [1.54, 1.807) is 12.1 Å². The Morgan fingerprint density at radius 2 is 1.44 bits per heavy atom. The first-order chi connectivity index (χ1) is 15.8. The van der Waals surface area contributed by atoms with Crippen LogP contribution in [-0.4, -0.2) is 50.5 Å². The van der Waals surface area contributed by atoms with Gasteiger partial charge in [0.25, 0.3) is 10.0 Å². The van der Waals surface area contributed by atoms with Gasteiger partial charge >= 0.3 is 22.2 Å². The van der Waals surface area contributed by atoms with Gasteiger partial charge in [-0.2, -0.15) is 8.42 Å². The van der Waals surface area contributed by atoms with Gasteiger partial charge in [0.15, 0.2) is 0 Å². The molecule has 0 unspecified atom stereocenters. The standard InChI is InChI=1S/C13H11ClN2O4S.C7H5FO4S/c14-10-4-6-11(7-5-10)21(19,20)16(9-13(17)18)12-3-1-2-8-15-12;8-13(11,12)6-3-1-5(2-4-6)7(9)10/h1-8H,9H2,(H,17,18);1-4H,(H,9,10). The summed E-state index contributed by atoms with van der Waals surface area (Å²) in [7, 11) is -8.77. The zero-order valence-corrected chi connectivity index (χ0v) is 19.3. The molecule has 0 amide bonds. The number of aliphatic carboxylic acids is 1. The van der Waals surface area contributed by atoms with E-state index in [0.717, 1.165) is 28.6 Å². The largest absolute Gasteiger partial charge is 0.480 e. The fourth-order valence-electron chi connectivity index (χ4n) is 2.41. The first-order valence-corrected chi connectivity index (χ1v) is 12.2. The number of benzene rings is 2. The van der Waals surface area contributed by atoms with Crippen molar-refractivity contribution >= 4 is 49.6 Å². The fraction of sp³-hybridized carbons (Fsp3) is 0.0500. The summed E-state index contributed by atoms with van der Waals surface area (Å²) in [4.78, 5) is 24.6. The Kier molecular flexibility index (Phi) is 8.68. The minimum atomic E-state index is -4.74.